The molecule has 3 aromatic carbocycles. The highest BCUT2D eigenvalue weighted by molar-refractivity contribution is 5.98. The maximum atomic E-state index is 13.0. The first-order chi connectivity index (χ1) is 15.9. The Morgan fingerprint density at radius 2 is 1.45 bits per heavy atom. The maximum absolute atomic E-state index is 13.0. The van der Waals surface area contributed by atoms with Crippen LogP contribution in [0.1, 0.15) is 36.5 Å². The lowest BCUT2D eigenvalue weighted by atomic mass is 9.79. The number of carbonyl (C=O) groups is 2. The van der Waals surface area contributed by atoms with Crippen molar-refractivity contribution in [3.63, 3.8) is 0 Å². The lowest BCUT2D eigenvalue weighted by Gasteiger charge is -2.36. The molecule has 1 unspecified atom stereocenters. The Morgan fingerprint density at radius 3 is 2.09 bits per heavy atom. The number of hydrogen-bond acceptors (Lipinski definition) is 6. The standard InChI is InChI=1S/C27H26O6/c1-27(2)32-25(28)24(26(29)33-27)23(19-13-15-20(30-3)16-14-19)21-11-7-8-12-22(21)31-17-18-9-5-4-6-10-18/h4-16,23-24H,17H2,1-3H3. The molecule has 0 aromatic heterocycles. The van der Waals surface area contributed by atoms with Crippen LogP contribution in [0, 0.1) is 5.92 Å². The Balaban J connectivity index is 1.75. The smallest absolute Gasteiger partial charge is 0.324 e. The fourth-order valence-corrected chi connectivity index (χ4v) is 3.97. The molecule has 0 saturated carbocycles. The first-order valence-electron chi connectivity index (χ1n) is 10.7. The zero-order chi connectivity index (χ0) is 23.4. The van der Waals surface area contributed by atoms with Crippen LogP contribution in [0.4, 0.5) is 0 Å². The SMILES string of the molecule is COc1ccc(C(c2ccccc2OCc2ccccc2)C2C(=O)OC(C)(C)OC2=O)cc1. The van der Waals surface area contributed by atoms with Crippen molar-refractivity contribution in [3.8, 4) is 11.5 Å². The van der Waals surface area contributed by atoms with Crippen LogP contribution in [0.15, 0.2) is 78.9 Å². The highest BCUT2D eigenvalue weighted by Gasteiger charge is 2.48. The predicted octanol–water partition coefficient (Wildman–Crippen LogP) is 4.86. The fraction of sp³-hybridized carbons (Fsp3) is 0.259. The highest BCUT2D eigenvalue weighted by Crippen LogP contribution is 2.42. The second kappa shape index (κ2) is 9.36. The average molecular weight is 446 g/mol. The topological polar surface area (TPSA) is 71.1 Å². The van der Waals surface area contributed by atoms with Gasteiger partial charge >= 0.3 is 11.9 Å². The van der Waals surface area contributed by atoms with Crippen LogP contribution in [0.5, 0.6) is 11.5 Å². The van der Waals surface area contributed by atoms with Crippen molar-refractivity contribution in [2.24, 2.45) is 5.92 Å². The van der Waals surface area contributed by atoms with E-state index >= 15 is 0 Å². The van der Waals surface area contributed by atoms with Crippen molar-refractivity contribution in [2.45, 2.75) is 32.2 Å². The van der Waals surface area contributed by atoms with E-state index < -0.39 is 29.6 Å². The van der Waals surface area contributed by atoms with Crippen LogP contribution in [0.2, 0.25) is 0 Å². The summed E-state index contributed by atoms with van der Waals surface area (Å²) >= 11 is 0. The number of esters is 2. The Kier molecular flexibility index (Phi) is 6.36. The molecule has 0 N–H and O–H groups in total. The highest BCUT2D eigenvalue weighted by atomic mass is 16.7. The van der Waals surface area contributed by atoms with Crippen LogP contribution in [0.25, 0.3) is 0 Å². The van der Waals surface area contributed by atoms with Gasteiger partial charge in [-0.2, -0.15) is 0 Å². The van der Waals surface area contributed by atoms with Crippen LogP contribution < -0.4 is 9.47 Å². The molecular formula is C27H26O6. The van der Waals surface area contributed by atoms with E-state index in [1.54, 1.807) is 33.1 Å². The van der Waals surface area contributed by atoms with E-state index in [4.69, 9.17) is 18.9 Å². The molecule has 1 heterocycles. The zero-order valence-corrected chi connectivity index (χ0v) is 18.8. The number of methoxy groups -OCH3 is 1. The number of carbonyl (C=O) groups excluding carboxylic acids is 2. The monoisotopic (exact) mass is 446 g/mol. The number of rotatable bonds is 7. The van der Waals surface area contributed by atoms with Gasteiger partial charge in [-0.25, -0.2) is 0 Å². The third-order valence-corrected chi connectivity index (χ3v) is 5.50. The number of para-hydroxylation sites is 1. The second-order valence-corrected chi connectivity index (χ2v) is 8.28. The first-order valence-corrected chi connectivity index (χ1v) is 10.7. The van der Waals surface area contributed by atoms with E-state index in [0.717, 1.165) is 11.1 Å². The lowest BCUT2D eigenvalue weighted by Crippen LogP contribution is -2.48. The average Bonchev–Trinajstić information content (AvgIpc) is 2.80. The zero-order valence-electron chi connectivity index (χ0n) is 18.8. The molecule has 1 aliphatic rings. The summed E-state index contributed by atoms with van der Waals surface area (Å²) in [6, 6.07) is 24.4. The normalized spacial score (nSPS) is 16.5. The minimum absolute atomic E-state index is 0.347. The molecule has 4 rings (SSSR count). The first kappa shape index (κ1) is 22.4. The summed E-state index contributed by atoms with van der Waals surface area (Å²) in [6.07, 6.45) is 0. The summed E-state index contributed by atoms with van der Waals surface area (Å²) in [7, 11) is 1.58. The summed E-state index contributed by atoms with van der Waals surface area (Å²) in [4.78, 5) is 26.1. The van der Waals surface area contributed by atoms with Gasteiger partial charge in [0.1, 0.15) is 18.1 Å². The Morgan fingerprint density at radius 1 is 0.848 bits per heavy atom. The molecule has 0 aliphatic carbocycles. The number of cyclic esters (lactones) is 2. The molecule has 6 nitrogen and oxygen atoms in total. The van der Waals surface area contributed by atoms with E-state index in [2.05, 4.69) is 0 Å². The Bertz CT molecular complexity index is 1100. The number of hydrogen-bond donors (Lipinski definition) is 0. The van der Waals surface area contributed by atoms with E-state index in [1.165, 1.54) is 0 Å². The van der Waals surface area contributed by atoms with Crippen molar-refractivity contribution in [1.29, 1.82) is 0 Å². The molecule has 1 atom stereocenters. The van der Waals surface area contributed by atoms with Crippen molar-refractivity contribution < 1.29 is 28.5 Å². The summed E-state index contributed by atoms with van der Waals surface area (Å²) in [5.74, 6) is -3.16. The lowest BCUT2D eigenvalue weighted by molar-refractivity contribution is -0.240. The van der Waals surface area contributed by atoms with Gasteiger partial charge in [0.05, 0.1) is 7.11 Å². The Labute approximate surface area is 193 Å². The largest absolute Gasteiger partial charge is 0.497 e. The quantitative estimate of drug-likeness (QED) is 0.381. The van der Waals surface area contributed by atoms with Gasteiger partial charge in [0.25, 0.3) is 5.79 Å². The minimum atomic E-state index is -1.31. The number of benzene rings is 3. The third-order valence-electron chi connectivity index (χ3n) is 5.50. The molecule has 0 spiro atoms. The van der Waals surface area contributed by atoms with Crippen LogP contribution in [0.3, 0.4) is 0 Å². The molecule has 0 bridgehead atoms. The molecular weight excluding hydrogens is 420 g/mol. The molecule has 1 saturated heterocycles. The van der Waals surface area contributed by atoms with Gasteiger partial charge < -0.3 is 18.9 Å². The van der Waals surface area contributed by atoms with Crippen molar-refractivity contribution in [1.82, 2.24) is 0 Å². The maximum Gasteiger partial charge on any atom is 0.324 e. The molecule has 33 heavy (non-hydrogen) atoms. The predicted molar refractivity (Wildman–Crippen MR) is 122 cm³/mol. The Hall–Kier alpha value is -3.80. The van der Waals surface area contributed by atoms with Gasteiger partial charge in [-0.05, 0) is 29.3 Å². The van der Waals surface area contributed by atoms with Crippen molar-refractivity contribution >= 4 is 11.9 Å². The third kappa shape index (κ3) is 5.00. The van der Waals surface area contributed by atoms with Crippen LogP contribution >= 0.6 is 0 Å². The summed E-state index contributed by atoms with van der Waals surface area (Å²) < 4.78 is 22.3. The number of ether oxygens (including phenoxy) is 4. The van der Waals surface area contributed by atoms with E-state index in [9.17, 15) is 9.59 Å². The summed E-state index contributed by atoms with van der Waals surface area (Å²) in [5, 5.41) is 0. The van der Waals surface area contributed by atoms with Crippen molar-refractivity contribution in [2.75, 3.05) is 7.11 Å². The van der Waals surface area contributed by atoms with Crippen LogP contribution in [-0.2, 0) is 25.7 Å². The minimum Gasteiger partial charge on any atom is -0.497 e. The van der Waals surface area contributed by atoms with Gasteiger partial charge in [-0.3, -0.25) is 9.59 Å². The van der Waals surface area contributed by atoms with E-state index in [0.29, 0.717) is 23.7 Å². The fourth-order valence-electron chi connectivity index (χ4n) is 3.97. The molecule has 170 valence electrons. The summed E-state index contributed by atoms with van der Waals surface area (Å²) in [6.45, 7) is 3.43. The molecule has 0 amide bonds. The van der Waals surface area contributed by atoms with Gasteiger partial charge in [-0.15, -0.1) is 0 Å². The van der Waals surface area contributed by atoms with Gasteiger partial charge in [0, 0.05) is 25.3 Å². The van der Waals surface area contributed by atoms with E-state index in [-0.39, 0.29) is 0 Å². The molecule has 3 aromatic rings. The van der Waals surface area contributed by atoms with Gasteiger partial charge in [0.2, 0.25) is 0 Å². The molecule has 0 radical (unpaired) electrons. The molecule has 1 fully saturated rings. The second-order valence-electron chi connectivity index (χ2n) is 8.28. The molecule has 6 heteroatoms. The molecule has 1 aliphatic heterocycles. The summed E-state index contributed by atoms with van der Waals surface area (Å²) in [5.41, 5.74) is 2.44. The van der Waals surface area contributed by atoms with E-state index in [1.807, 2.05) is 66.7 Å². The van der Waals surface area contributed by atoms with Gasteiger partial charge in [0.15, 0.2) is 5.92 Å². The van der Waals surface area contributed by atoms with Crippen LogP contribution in [-0.4, -0.2) is 24.8 Å². The van der Waals surface area contributed by atoms with Crippen molar-refractivity contribution in [3.05, 3.63) is 95.6 Å². The van der Waals surface area contributed by atoms with Gasteiger partial charge in [-0.1, -0.05) is 60.7 Å².